The lowest BCUT2D eigenvalue weighted by atomic mass is 10.4. The Labute approximate surface area is 140 Å². The SMILES string of the molecule is CC=CSc1ccc(Sc2ccc(SC=CC)cc2)cc1. The van der Waals surface area contributed by atoms with E-state index in [1.165, 1.54) is 19.6 Å². The highest BCUT2D eigenvalue weighted by Gasteiger charge is 1.99. The van der Waals surface area contributed by atoms with Crippen molar-refractivity contribution in [2.75, 3.05) is 0 Å². The predicted octanol–water partition coefficient (Wildman–Crippen LogP) is 7.09. The van der Waals surface area contributed by atoms with E-state index < -0.39 is 0 Å². The fraction of sp³-hybridized carbons (Fsp3) is 0.111. The summed E-state index contributed by atoms with van der Waals surface area (Å²) in [5, 5.41) is 4.20. The van der Waals surface area contributed by atoms with Crippen LogP contribution in [0.4, 0.5) is 0 Å². The lowest BCUT2D eigenvalue weighted by molar-refractivity contribution is 1.32. The third-order valence-electron chi connectivity index (χ3n) is 2.56. The minimum atomic E-state index is 1.27. The summed E-state index contributed by atoms with van der Waals surface area (Å²) in [5.74, 6) is 0. The third-order valence-corrected chi connectivity index (χ3v) is 5.48. The van der Waals surface area contributed by atoms with Crippen LogP contribution in [0, 0.1) is 0 Å². The topological polar surface area (TPSA) is 0 Å². The minimum Gasteiger partial charge on any atom is -0.0984 e. The zero-order chi connectivity index (χ0) is 14.9. The van der Waals surface area contributed by atoms with Crippen LogP contribution in [-0.4, -0.2) is 0 Å². The van der Waals surface area contributed by atoms with Crippen molar-refractivity contribution in [2.24, 2.45) is 0 Å². The van der Waals surface area contributed by atoms with Gasteiger partial charge in [-0.2, -0.15) is 0 Å². The van der Waals surface area contributed by atoms with Crippen molar-refractivity contribution in [3.8, 4) is 0 Å². The molecule has 0 radical (unpaired) electrons. The average molecular weight is 331 g/mol. The van der Waals surface area contributed by atoms with Gasteiger partial charge in [0.05, 0.1) is 0 Å². The number of benzene rings is 2. The molecule has 0 N–H and O–H groups in total. The van der Waals surface area contributed by atoms with Gasteiger partial charge < -0.3 is 0 Å². The molecule has 21 heavy (non-hydrogen) atoms. The van der Waals surface area contributed by atoms with Crippen LogP contribution in [0.15, 0.2) is 91.1 Å². The van der Waals surface area contributed by atoms with Crippen molar-refractivity contribution in [3.63, 3.8) is 0 Å². The van der Waals surface area contributed by atoms with Gasteiger partial charge in [-0.25, -0.2) is 0 Å². The first-order valence-electron chi connectivity index (χ1n) is 6.75. The molecule has 2 rings (SSSR count). The molecule has 0 fully saturated rings. The molecule has 2 aromatic rings. The Morgan fingerprint density at radius 2 is 0.905 bits per heavy atom. The number of hydrogen-bond acceptors (Lipinski definition) is 3. The van der Waals surface area contributed by atoms with Gasteiger partial charge in [-0.15, -0.1) is 0 Å². The Bertz CT molecular complexity index is 540. The second-order valence-electron chi connectivity index (χ2n) is 4.22. The highest BCUT2D eigenvalue weighted by atomic mass is 32.2. The van der Waals surface area contributed by atoms with E-state index in [1.807, 2.05) is 13.8 Å². The molecule has 0 bridgehead atoms. The fourth-order valence-corrected chi connectivity index (χ4v) is 3.59. The highest BCUT2D eigenvalue weighted by Crippen LogP contribution is 2.31. The molecule has 0 aromatic heterocycles. The molecule has 0 aliphatic carbocycles. The van der Waals surface area contributed by atoms with Gasteiger partial charge in [0.15, 0.2) is 0 Å². The molecule has 0 unspecified atom stereocenters. The molecule has 0 heterocycles. The Morgan fingerprint density at radius 1 is 0.571 bits per heavy atom. The summed E-state index contributed by atoms with van der Waals surface area (Å²) in [5.41, 5.74) is 0. The molecule has 0 saturated carbocycles. The van der Waals surface area contributed by atoms with Crippen LogP contribution < -0.4 is 0 Å². The molecule has 0 spiro atoms. The molecule has 2 aromatic carbocycles. The first-order valence-corrected chi connectivity index (χ1v) is 9.33. The van der Waals surface area contributed by atoms with Crippen LogP contribution in [0.3, 0.4) is 0 Å². The summed E-state index contributed by atoms with van der Waals surface area (Å²) in [6, 6.07) is 17.4. The molecular formula is C18H18S3. The molecule has 0 aliphatic rings. The van der Waals surface area contributed by atoms with Crippen molar-refractivity contribution in [2.45, 2.75) is 33.4 Å². The third kappa shape index (κ3) is 5.70. The number of hydrogen-bond donors (Lipinski definition) is 0. The van der Waals surface area contributed by atoms with Gasteiger partial charge in [0.25, 0.3) is 0 Å². The summed E-state index contributed by atoms with van der Waals surface area (Å²) in [7, 11) is 0. The number of thioether (sulfide) groups is 2. The maximum Gasteiger partial charge on any atom is 0.0123 e. The van der Waals surface area contributed by atoms with Crippen molar-refractivity contribution in [1.82, 2.24) is 0 Å². The largest absolute Gasteiger partial charge is 0.0984 e. The Hall–Kier alpha value is -1.03. The van der Waals surface area contributed by atoms with Crippen LogP contribution in [-0.2, 0) is 0 Å². The van der Waals surface area contributed by atoms with Crippen molar-refractivity contribution in [3.05, 3.63) is 71.5 Å². The second kappa shape index (κ2) is 9.08. The molecular weight excluding hydrogens is 312 g/mol. The Kier molecular flexibility index (Phi) is 7.07. The molecule has 0 saturated heterocycles. The number of allylic oxidation sites excluding steroid dienone is 2. The zero-order valence-corrected chi connectivity index (χ0v) is 14.6. The Morgan fingerprint density at radius 3 is 1.24 bits per heavy atom. The van der Waals surface area contributed by atoms with Crippen LogP contribution in [0.5, 0.6) is 0 Å². The lowest BCUT2D eigenvalue weighted by Crippen LogP contribution is -1.75. The summed E-state index contributed by atoms with van der Waals surface area (Å²) in [6.07, 6.45) is 4.11. The maximum atomic E-state index is 2.18. The van der Waals surface area contributed by atoms with Gasteiger partial charge in [0.1, 0.15) is 0 Å². The van der Waals surface area contributed by atoms with Gasteiger partial charge in [-0.3, -0.25) is 0 Å². The van der Waals surface area contributed by atoms with Gasteiger partial charge in [-0.05, 0) is 73.2 Å². The monoisotopic (exact) mass is 330 g/mol. The normalized spacial score (nSPS) is 11.5. The number of rotatable bonds is 6. The predicted molar refractivity (Wildman–Crippen MR) is 98.3 cm³/mol. The Balaban J connectivity index is 1.97. The van der Waals surface area contributed by atoms with E-state index in [9.17, 15) is 0 Å². The average Bonchev–Trinajstić information content (AvgIpc) is 2.53. The lowest BCUT2D eigenvalue weighted by Gasteiger charge is -2.04. The zero-order valence-electron chi connectivity index (χ0n) is 12.2. The van der Waals surface area contributed by atoms with Crippen molar-refractivity contribution >= 4 is 35.3 Å². The van der Waals surface area contributed by atoms with Crippen LogP contribution in [0.2, 0.25) is 0 Å². The molecule has 108 valence electrons. The summed E-state index contributed by atoms with van der Waals surface area (Å²) in [6.45, 7) is 4.07. The molecule has 3 heteroatoms. The fourth-order valence-electron chi connectivity index (χ4n) is 1.60. The van der Waals surface area contributed by atoms with Crippen molar-refractivity contribution in [1.29, 1.82) is 0 Å². The first kappa shape index (κ1) is 16.3. The smallest absolute Gasteiger partial charge is 0.0123 e. The maximum absolute atomic E-state index is 2.18. The minimum absolute atomic E-state index is 1.27. The first-order chi connectivity index (χ1) is 10.3. The van der Waals surface area contributed by atoms with E-state index in [1.54, 1.807) is 35.3 Å². The van der Waals surface area contributed by atoms with E-state index in [0.717, 1.165) is 0 Å². The van der Waals surface area contributed by atoms with E-state index in [4.69, 9.17) is 0 Å². The van der Waals surface area contributed by atoms with Gasteiger partial charge >= 0.3 is 0 Å². The van der Waals surface area contributed by atoms with Crippen LogP contribution >= 0.6 is 35.3 Å². The van der Waals surface area contributed by atoms with Crippen LogP contribution in [0.25, 0.3) is 0 Å². The second-order valence-corrected chi connectivity index (χ2v) is 7.32. The molecule has 0 nitrogen and oxygen atoms in total. The van der Waals surface area contributed by atoms with Gasteiger partial charge in [-0.1, -0.05) is 47.4 Å². The highest BCUT2D eigenvalue weighted by molar-refractivity contribution is 8.02. The summed E-state index contributed by atoms with van der Waals surface area (Å²) < 4.78 is 0. The summed E-state index contributed by atoms with van der Waals surface area (Å²) >= 11 is 5.29. The molecule has 0 aliphatic heterocycles. The van der Waals surface area contributed by atoms with Crippen LogP contribution in [0.1, 0.15) is 13.8 Å². The van der Waals surface area contributed by atoms with E-state index in [0.29, 0.717) is 0 Å². The standard InChI is InChI=1S/C18H18S3/c1-3-13-19-15-5-9-17(10-6-15)21-18-11-7-16(8-12-18)20-14-4-2/h3-14H,1-2H3. The quantitative estimate of drug-likeness (QED) is 0.519. The van der Waals surface area contributed by atoms with Crippen molar-refractivity contribution < 1.29 is 0 Å². The van der Waals surface area contributed by atoms with Gasteiger partial charge in [0, 0.05) is 19.6 Å². The molecule has 0 amide bonds. The summed E-state index contributed by atoms with van der Waals surface area (Å²) in [4.78, 5) is 5.09. The van der Waals surface area contributed by atoms with E-state index in [2.05, 4.69) is 71.5 Å². The molecule has 0 atom stereocenters. The van der Waals surface area contributed by atoms with Gasteiger partial charge in [0.2, 0.25) is 0 Å². The van der Waals surface area contributed by atoms with E-state index >= 15 is 0 Å². The van der Waals surface area contributed by atoms with E-state index in [-0.39, 0.29) is 0 Å².